The summed E-state index contributed by atoms with van der Waals surface area (Å²) < 4.78 is 0. The molecule has 0 saturated carbocycles. The van der Waals surface area contributed by atoms with E-state index in [0.29, 0.717) is 45.3 Å². The summed E-state index contributed by atoms with van der Waals surface area (Å²) in [7, 11) is 0. The summed E-state index contributed by atoms with van der Waals surface area (Å²) in [4.78, 5) is 28.3. The van der Waals surface area contributed by atoms with Crippen LogP contribution in [-0.2, 0) is 28.9 Å². The van der Waals surface area contributed by atoms with E-state index in [4.69, 9.17) is 0 Å². The van der Waals surface area contributed by atoms with E-state index in [-0.39, 0.29) is 11.8 Å². The Morgan fingerprint density at radius 3 is 1.76 bits per heavy atom. The summed E-state index contributed by atoms with van der Waals surface area (Å²) in [5.74, 6) is 0.297. The van der Waals surface area contributed by atoms with E-state index in [1.54, 1.807) is 0 Å². The Hall–Kier alpha value is -3.40. The van der Waals surface area contributed by atoms with Gasteiger partial charge in [-0.3, -0.25) is 9.59 Å². The Labute approximate surface area is 203 Å². The molecular formula is C30H34N2O2. The molecule has 34 heavy (non-hydrogen) atoms. The molecule has 4 rings (SSSR count). The minimum Gasteiger partial charge on any atom is -0.355 e. The molecule has 3 aromatic carbocycles. The summed E-state index contributed by atoms with van der Waals surface area (Å²) in [6.45, 7) is 1.89. The second-order valence-corrected chi connectivity index (χ2v) is 9.30. The maximum Gasteiger partial charge on any atom is 0.226 e. The van der Waals surface area contributed by atoms with Crippen LogP contribution in [0.3, 0.4) is 0 Å². The van der Waals surface area contributed by atoms with Crippen LogP contribution in [0.25, 0.3) is 0 Å². The van der Waals surface area contributed by atoms with Gasteiger partial charge in [0.2, 0.25) is 11.8 Å². The summed E-state index contributed by atoms with van der Waals surface area (Å²) in [6.07, 6.45) is 4.17. The quantitative estimate of drug-likeness (QED) is 0.503. The van der Waals surface area contributed by atoms with Crippen molar-refractivity contribution in [1.29, 1.82) is 0 Å². The van der Waals surface area contributed by atoms with Gasteiger partial charge in [0, 0.05) is 26.1 Å². The average Bonchev–Trinajstić information content (AvgIpc) is 2.89. The van der Waals surface area contributed by atoms with Crippen molar-refractivity contribution in [1.82, 2.24) is 10.2 Å². The molecule has 4 heteroatoms. The fraction of sp³-hybridized carbons (Fsp3) is 0.333. The van der Waals surface area contributed by atoms with Crippen molar-refractivity contribution in [3.05, 3.63) is 108 Å². The van der Waals surface area contributed by atoms with Gasteiger partial charge < -0.3 is 10.2 Å². The van der Waals surface area contributed by atoms with Crippen molar-refractivity contribution in [3.63, 3.8) is 0 Å². The first-order chi connectivity index (χ1) is 16.6. The standard InChI is InChI=1S/C30H34N2O2/c33-28(17-16-25-10-4-1-5-11-25)32-22-19-30(20-23-32,24-27-14-8-3-9-15-27)29(34)31-21-18-26-12-6-2-7-13-26/h1-15H,16-24H2,(H,31,34). The molecule has 2 amide bonds. The highest BCUT2D eigenvalue weighted by molar-refractivity contribution is 5.84. The van der Waals surface area contributed by atoms with Crippen LogP contribution in [0.15, 0.2) is 91.0 Å². The zero-order valence-corrected chi connectivity index (χ0v) is 19.8. The van der Waals surface area contributed by atoms with Crippen LogP contribution in [0, 0.1) is 5.41 Å². The predicted molar refractivity (Wildman–Crippen MR) is 136 cm³/mol. The van der Waals surface area contributed by atoms with Crippen LogP contribution >= 0.6 is 0 Å². The normalized spacial score (nSPS) is 15.0. The second-order valence-electron chi connectivity index (χ2n) is 9.30. The van der Waals surface area contributed by atoms with Crippen molar-refractivity contribution in [2.75, 3.05) is 19.6 Å². The van der Waals surface area contributed by atoms with Crippen LogP contribution in [0.5, 0.6) is 0 Å². The third kappa shape index (κ3) is 6.34. The zero-order chi connectivity index (χ0) is 23.6. The molecule has 176 valence electrons. The molecule has 4 nitrogen and oxygen atoms in total. The van der Waals surface area contributed by atoms with Gasteiger partial charge >= 0.3 is 0 Å². The van der Waals surface area contributed by atoms with Crippen molar-refractivity contribution in [2.24, 2.45) is 5.41 Å². The first-order valence-electron chi connectivity index (χ1n) is 12.3. The first-order valence-corrected chi connectivity index (χ1v) is 12.3. The number of rotatable bonds is 9. The number of hydrogen-bond donors (Lipinski definition) is 1. The highest BCUT2D eigenvalue weighted by Gasteiger charge is 2.42. The first kappa shape index (κ1) is 23.7. The topological polar surface area (TPSA) is 49.4 Å². The molecule has 1 aliphatic heterocycles. The number of piperidine rings is 1. The highest BCUT2D eigenvalue weighted by atomic mass is 16.2. The van der Waals surface area contributed by atoms with Crippen LogP contribution in [-0.4, -0.2) is 36.3 Å². The lowest BCUT2D eigenvalue weighted by Gasteiger charge is -2.41. The zero-order valence-electron chi connectivity index (χ0n) is 19.8. The van der Waals surface area contributed by atoms with Crippen molar-refractivity contribution >= 4 is 11.8 Å². The fourth-order valence-electron chi connectivity index (χ4n) is 4.86. The van der Waals surface area contributed by atoms with Crippen molar-refractivity contribution < 1.29 is 9.59 Å². The monoisotopic (exact) mass is 454 g/mol. The summed E-state index contributed by atoms with van der Waals surface area (Å²) in [6, 6.07) is 30.6. The Balaban J connectivity index is 1.37. The van der Waals surface area contributed by atoms with Gasteiger partial charge in [-0.2, -0.15) is 0 Å². The van der Waals surface area contributed by atoms with E-state index in [1.165, 1.54) is 16.7 Å². The van der Waals surface area contributed by atoms with Crippen molar-refractivity contribution in [2.45, 2.75) is 38.5 Å². The molecule has 0 aromatic heterocycles. The molecule has 3 aromatic rings. The molecule has 1 N–H and O–H groups in total. The summed E-state index contributed by atoms with van der Waals surface area (Å²) in [5, 5.41) is 3.21. The lowest BCUT2D eigenvalue weighted by atomic mass is 9.72. The van der Waals surface area contributed by atoms with E-state index in [2.05, 4.69) is 41.7 Å². The van der Waals surface area contributed by atoms with E-state index >= 15 is 0 Å². The Morgan fingerprint density at radius 1 is 0.706 bits per heavy atom. The third-order valence-corrected chi connectivity index (χ3v) is 6.95. The third-order valence-electron chi connectivity index (χ3n) is 6.95. The van der Waals surface area contributed by atoms with Gasteiger partial charge in [0.25, 0.3) is 0 Å². The van der Waals surface area contributed by atoms with Gasteiger partial charge in [-0.1, -0.05) is 91.0 Å². The van der Waals surface area contributed by atoms with E-state index < -0.39 is 5.41 Å². The molecule has 0 radical (unpaired) electrons. The van der Waals surface area contributed by atoms with Gasteiger partial charge in [-0.25, -0.2) is 0 Å². The Kier molecular flexibility index (Phi) is 8.13. The van der Waals surface area contributed by atoms with E-state index in [0.717, 1.165) is 12.8 Å². The van der Waals surface area contributed by atoms with Crippen LogP contribution in [0.2, 0.25) is 0 Å². The van der Waals surface area contributed by atoms with Crippen LogP contribution in [0.1, 0.15) is 36.0 Å². The molecule has 0 bridgehead atoms. The maximum absolute atomic E-state index is 13.5. The molecule has 0 atom stereocenters. The van der Waals surface area contributed by atoms with Crippen LogP contribution < -0.4 is 5.32 Å². The number of carbonyl (C=O) groups is 2. The molecule has 1 saturated heterocycles. The molecule has 1 fully saturated rings. The number of carbonyl (C=O) groups excluding carboxylic acids is 2. The fourth-order valence-corrected chi connectivity index (χ4v) is 4.86. The van der Waals surface area contributed by atoms with Gasteiger partial charge in [-0.05, 0) is 48.8 Å². The van der Waals surface area contributed by atoms with Gasteiger partial charge in [0.05, 0.1) is 5.41 Å². The minimum atomic E-state index is -0.478. The molecule has 0 unspecified atom stereocenters. The predicted octanol–water partition coefficient (Wildman–Crippen LogP) is 4.83. The number of nitrogens with one attached hydrogen (secondary N) is 1. The molecule has 1 heterocycles. The maximum atomic E-state index is 13.5. The number of amides is 2. The SMILES string of the molecule is O=C(CCc1ccccc1)N1CCC(Cc2ccccc2)(C(=O)NCCc2ccccc2)CC1. The lowest BCUT2D eigenvalue weighted by Crippen LogP contribution is -2.51. The van der Waals surface area contributed by atoms with Gasteiger partial charge in [0.1, 0.15) is 0 Å². The minimum absolute atomic E-state index is 0.115. The van der Waals surface area contributed by atoms with E-state index in [9.17, 15) is 9.59 Å². The lowest BCUT2D eigenvalue weighted by molar-refractivity contribution is -0.140. The number of nitrogens with zero attached hydrogens (tertiary/aromatic N) is 1. The Bertz CT molecular complexity index is 1040. The number of benzene rings is 3. The largest absolute Gasteiger partial charge is 0.355 e. The number of aryl methyl sites for hydroxylation is 1. The average molecular weight is 455 g/mol. The molecule has 1 aliphatic rings. The number of likely N-dealkylation sites (tertiary alicyclic amines) is 1. The summed E-state index contributed by atoms with van der Waals surface area (Å²) in [5.41, 5.74) is 3.10. The van der Waals surface area contributed by atoms with Crippen LogP contribution in [0.4, 0.5) is 0 Å². The number of hydrogen-bond acceptors (Lipinski definition) is 2. The smallest absolute Gasteiger partial charge is 0.226 e. The molecule has 0 spiro atoms. The summed E-state index contributed by atoms with van der Waals surface area (Å²) >= 11 is 0. The molecular weight excluding hydrogens is 420 g/mol. The van der Waals surface area contributed by atoms with E-state index in [1.807, 2.05) is 59.5 Å². The Morgan fingerprint density at radius 2 is 1.21 bits per heavy atom. The second kappa shape index (κ2) is 11.6. The highest BCUT2D eigenvalue weighted by Crippen LogP contribution is 2.36. The van der Waals surface area contributed by atoms with Gasteiger partial charge in [-0.15, -0.1) is 0 Å². The van der Waals surface area contributed by atoms with Crippen molar-refractivity contribution in [3.8, 4) is 0 Å². The van der Waals surface area contributed by atoms with Gasteiger partial charge in [0.15, 0.2) is 0 Å². The molecule has 0 aliphatic carbocycles.